The number of hydrogen-bond acceptors (Lipinski definition) is 4. The summed E-state index contributed by atoms with van der Waals surface area (Å²) < 4.78 is 37.8. The van der Waals surface area contributed by atoms with Crippen LogP contribution in [0.15, 0.2) is 46.9 Å². The van der Waals surface area contributed by atoms with E-state index in [1.54, 1.807) is 19.1 Å². The lowest BCUT2D eigenvalue weighted by Gasteiger charge is -2.15. The highest BCUT2D eigenvalue weighted by Crippen LogP contribution is 2.27. The van der Waals surface area contributed by atoms with Crippen molar-refractivity contribution in [1.82, 2.24) is 10.9 Å². The van der Waals surface area contributed by atoms with E-state index in [1.807, 2.05) is 0 Å². The van der Waals surface area contributed by atoms with Gasteiger partial charge in [-0.1, -0.05) is 24.3 Å². The Hall–Kier alpha value is -3.42. The molecular weight excluding hydrogens is 358 g/mol. The van der Waals surface area contributed by atoms with Gasteiger partial charge in [-0.05, 0) is 32.0 Å². The van der Waals surface area contributed by atoms with Crippen molar-refractivity contribution < 1.29 is 27.5 Å². The highest BCUT2D eigenvalue weighted by atomic mass is 19.1. The van der Waals surface area contributed by atoms with Crippen molar-refractivity contribution >= 4 is 22.8 Å². The van der Waals surface area contributed by atoms with Crippen LogP contribution in [0.5, 0.6) is 5.75 Å². The maximum Gasteiger partial charge on any atom is 0.305 e. The number of aryl methyl sites for hydroxylation is 1. The molecule has 0 aliphatic rings. The van der Waals surface area contributed by atoms with Crippen LogP contribution in [0.25, 0.3) is 11.0 Å². The molecule has 3 rings (SSSR count). The number of amides is 2. The lowest BCUT2D eigenvalue weighted by Crippen LogP contribution is -2.47. The normalized spacial score (nSPS) is 11.9. The van der Waals surface area contributed by atoms with Crippen LogP contribution in [-0.4, -0.2) is 17.9 Å². The van der Waals surface area contributed by atoms with E-state index in [0.717, 1.165) is 0 Å². The molecule has 0 radical (unpaired) electrons. The third-order valence-corrected chi connectivity index (χ3v) is 3.93. The summed E-state index contributed by atoms with van der Waals surface area (Å²) in [5, 5.41) is 0.461. The Morgan fingerprint density at radius 2 is 1.74 bits per heavy atom. The van der Waals surface area contributed by atoms with Gasteiger partial charge < -0.3 is 9.15 Å². The van der Waals surface area contributed by atoms with E-state index >= 15 is 0 Å². The fraction of sp³-hybridized carbons (Fsp3) is 0.158. The average molecular weight is 374 g/mol. The Labute approximate surface area is 153 Å². The average Bonchev–Trinajstić information content (AvgIpc) is 2.99. The summed E-state index contributed by atoms with van der Waals surface area (Å²) in [6.07, 6.45) is -1.07. The highest BCUT2D eigenvalue weighted by Gasteiger charge is 2.22. The Morgan fingerprint density at radius 3 is 2.44 bits per heavy atom. The fourth-order valence-corrected chi connectivity index (χ4v) is 2.49. The molecule has 0 saturated carbocycles. The standard InChI is InChI=1S/C19H16F2N2O4/c1-10-12-6-5-8-14(21)17(12)27-16(10)19(25)23-22-18(24)11(2)26-15-9-4-3-7-13(15)20/h3-9,11H,1-2H3,(H,22,24)(H,23,25)/t11-/m1/s1. The minimum Gasteiger partial charge on any atom is -0.478 e. The molecule has 0 bridgehead atoms. The van der Waals surface area contributed by atoms with Gasteiger partial charge in [-0.15, -0.1) is 0 Å². The summed E-state index contributed by atoms with van der Waals surface area (Å²) >= 11 is 0. The van der Waals surface area contributed by atoms with Crippen molar-refractivity contribution in [2.45, 2.75) is 20.0 Å². The number of hydrogen-bond donors (Lipinski definition) is 2. The van der Waals surface area contributed by atoms with Gasteiger partial charge in [-0.25, -0.2) is 8.78 Å². The largest absolute Gasteiger partial charge is 0.478 e. The first-order valence-corrected chi connectivity index (χ1v) is 8.07. The molecule has 3 aromatic rings. The van der Waals surface area contributed by atoms with Gasteiger partial charge in [0.25, 0.3) is 5.91 Å². The Kier molecular flexibility index (Phi) is 5.07. The molecule has 2 aromatic carbocycles. The van der Waals surface area contributed by atoms with Crippen molar-refractivity contribution in [3.8, 4) is 5.75 Å². The van der Waals surface area contributed by atoms with Gasteiger partial charge in [0.1, 0.15) is 0 Å². The second kappa shape index (κ2) is 7.45. The Bertz CT molecular complexity index is 1020. The highest BCUT2D eigenvalue weighted by molar-refractivity contribution is 5.99. The fourth-order valence-electron chi connectivity index (χ4n) is 2.49. The molecule has 0 aliphatic heterocycles. The predicted molar refractivity (Wildman–Crippen MR) is 93.0 cm³/mol. The molecular formula is C19H16F2N2O4. The molecule has 6 nitrogen and oxygen atoms in total. The van der Waals surface area contributed by atoms with Crippen LogP contribution in [0.1, 0.15) is 23.0 Å². The van der Waals surface area contributed by atoms with Crippen LogP contribution < -0.4 is 15.6 Å². The van der Waals surface area contributed by atoms with Crippen molar-refractivity contribution in [2.24, 2.45) is 0 Å². The quantitative estimate of drug-likeness (QED) is 0.687. The monoisotopic (exact) mass is 374 g/mol. The summed E-state index contributed by atoms with van der Waals surface area (Å²) in [4.78, 5) is 24.3. The molecule has 140 valence electrons. The first-order chi connectivity index (χ1) is 12.9. The van der Waals surface area contributed by atoms with E-state index in [9.17, 15) is 18.4 Å². The van der Waals surface area contributed by atoms with Crippen LogP contribution in [-0.2, 0) is 4.79 Å². The van der Waals surface area contributed by atoms with Gasteiger partial charge in [0.15, 0.2) is 34.8 Å². The first-order valence-electron chi connectivity index (χ1n) is 8.07. The minimum absolute atomic E-state index is 0.0391. The van der Waals surface area contributed by atoms with Crippen LogP contribution in [0, 0.1) is 18.6 Å². The van der Waals surface area contributed by atoms with Gasteiger partial charge in [-0.3, -0.25) is 20.4 Å². The maximum atomic E-state index is 13.8. The molecule has 0 aliphatic carbocycles. The van der Waals surface area contributed by atoms with Crippen molar-refractivity contribution in [1.29, 1.82) is 0 Å². The second-order valence-corrected chi connectivity index (χ2v) is 5.81. The molecule has 2 N–H and O–H groups in total. The Morgan fingerprint density at radius 1 is 1.04 bits per heavy atom. The van der Waals surface area contributed by atoms with Gasteiger partial charge >= 0.3 is 5.91 Å². The lowest BCUT2D eigenvalue weighted by molar-refractivity contribution is -0.128. The van der Waals surface area contributed by atoms with E-state index < -0.39 is 29.6 Å². The zero-order valence-electron chi connectivity index (χ0n) is 14.5. The van der Waals surface area contributed by atoms with Crippen molar-refractivity contribution in [3.63, 3.8) is 0 Å². The van der Waals surface area contributed by atoms with E-state index in [1.165, 1.54) is 37.3 Å². The number of carbonyl (C=O) groups excluding carboxylic acids is 2. The van der Waals surface area contributed by atoms with Crippen LogP contribution >= 0.6 is 0 Å². The third kappa shape index (κ3) is 3.74. The summed E-state index contributed by atoms with van der Waals surface area (Å²) in [6, 6.07) is 9.98. The molecule has 0 fully saturated rings. The molecule has 0 saturated heterocycles. The number of fused-ring (bicyclic) bond motifs is 1. The van der Waals surface area contributed by atoms with Gasteiger partial charge in [0, 0.05) is 10.9 Å². The number of halogens is 2. The number of carbonyl (C=O) groups is 2. The predicted octanol–water partition coefficient (Wildman–Crippen LogP) is 3.25. The molecule has 0 unspecified atom stereocenters. The van der Waals surface area contributed by atoms with Gasteiger partial charge in [0.05, 0.1) is 0 Å². The number of ether oxygens (including phenoxy) is 1. The van der Waals surface area contributed by atoms with Crippen molar-refractivity contribution in [3.05, 3.63) is 65.4 Å². The van der Waals surface area contributed by atoms with E-state index in [-0.39, 0.29) is 17.1 Å². The second-order valence-electron chi connectivity index (χ2n) is 5.81. The number of furan rings is 1. The zero-order valence-corrected chi connectivity index (χ0v) is 14.5. The van der Waals surface area contributed by atoms with Crippen LogP contribution in [0.4, 0.5) is 8.78 Å². The van der Waals surface area contributed by atoms with E-state index in [4.69, 9.17) is 9.15 Å². The number of nitrogens with one attached hydrogen (secondary N) is 2. The zero-order chi connectivity index (χ0) is 19.6. The smallest absolute Gasteiger partial charge is 0.305 e. The van der Waals surface area contributed by atoms with Crippen LogP contribution in [0.2, 0.25) is 0 Å². The molecule has 1 heterocycles. The molecule has 0 spiro atoms. The van der Waals surface area contributed by atoms with Gasteiger partial charge in [-0.2, -0.15) is 0 Å². The molecule has 8 heteroatoms. The molecule has 27 heavy (non-hydrogen) atoms. The summed E-state index contributed by atoms with van der Waals surface area (Å²) in [6.45, 7) is 3.00. The number of para-hydroxylation sites is 2. The topological polar surface area (TPSA) is 80.6 Å². The maximum absolute atomic E-state index is 13.8. The van der Waals surface area contributed by atoms with Crippen LogP contribution in [0.3, 0.4) is 0 Å². The third-order valence-electron chi connectivity index (χ3n) is 3.93. The van der Waals surface area contributed by atoms with E-state index in [2.05, 4.69) is 10.9 Å². The molecule has 2 amide bonds. The first kappa shape index (κ1) is 18.4. The summed E-state index contributed by atoms with van der Waals surface area (Å²) in [5.74, 6) is -2.87. The number of benzene rings is 2. The minimum atomic E-state index is -1.07. The Balaban J connectivity index is 1.65. The summed E-state index contributed by atoms with van der Waals surface area (Å²) in [5.41, 5.74) is 4.74. The molecule has 1 atom stereocenters. The molecule has 1 aromatic heterocycles. The van der Waals surface area contributed by atoms with Crippen molar-refractivity contribution in [2.75, 3.05) is 0 Å². The summed E-state index contributed by atoms with van der Waals surface area (Å²) in [7, 11) is 0. The number of rotatable bonds is 4. The SMILES string of the molecule is Cc1c(C(=O)NNC(=O)[C@@H](C)Oc2ccccc2F)oc2c(F)cccc12. The lowest BCUT2D eigenvalue weighted by atomic mass is 10.1. The van der Waals surface area contributed by atoms with Gasteiger partial charge in [0.2, 0.25) is 0 Å². The van der Waals surface area contributed by atoms with E-state index in [0.29, 0.717) is 10.9 Å². The number of hydrazine groups is 1.